The second-order valence-electron chi connectivity index (χ2n) is 15.1. The van der Waals surface area contributed by atoms with E-state index in [4.69, 9.17) is 10.1 Å². The Morgan fingerprint density at radius 2 is 1.51 bits per heavy atom. The van der Waals surface area contributed by atoms with Crippen LogP contribution in [0.15, 0.2) is 96.9 Å². The van der Waals surface area contributed by atoms with Gasteiger partial charge < -0.3 is 5.11 Å². The van der Waals surface area contributed by atoms with E-state index in [0.717, 1.165) is 11.3 Å². The van der Waals surface area contributed by atoms with Crippen molar-refractivity contribution >= 4 is 48.3 Å². The van der Waals surface area contributed by atoms with Crippen molar-refractivity contribution in [3.63, 3.8) is 0 Å². The van der Waals surface area contributed by atoms with Crippen molar-refractivity contribution in [3.8, 4) is 33.5 Å². The molecule has 0 spiro atoms. The fourth-order valence-electron chi connectivity index (χ4n) is 6.57. The number of hydrogen-bond acceptors (Lipinski definition) is 3. The van der Waals surface area contributed by atoms with Crippen molar-refractivity contribution in [1.29, 1.82) is 0 Å². The Bertz CT molecular complexity index is 1980. The van der Waals surface area contributed by atoms with Crippen LogP contribution in [0.3, 0.4) is 0 Å². The summed E-state index contributed by atoms with van der Waals surface area (Å²) in [6.07, 6.45) is 3.16. The number of fused-ring (bicyclic) bond motifs is 4. The van der Waals surface area contributed by atoms with Gasteiger partial charge in [-0.25, -0.2) is 0 Å². The van der Waals surface area contributed by atoms with Gasteiger partial charge in [-0.3, -0.25) is 9.78 Å². The van der Waals surface area contributed by atoms with Gasteiger partial charge in [0.15, 0.2) is 5.78 Å². The Labute approximate surface area is 296 Å². The molecule has 245 valence electrons. The van der Waals surface area contributed by atoms with E-state index in [2.05, 4.69) is 138 Å². The molecule has 5 aromatic rings. The van der Waals surface area contributed by atoms with E-state index in [9.17, 15) is 4.79 Å². The first-order chi connectivity index (χ1) is 21.5. The summed E-state index contributed by atoms with van der Waals surface area (Å²) in [5.41, 5.74) is 8.95. The summed E-state index contributed by atoms with van der Waals surface area (Å²) in [5.74, 6) is -0.0625. The summed E-state index contributed by atoms with van der Waals surface area (Å²) in [7, 11) is -3.34. The van der Waals surface area contributed by atoms with Crippen LogP contribution in [0.4, 0.5) is 0 Å². The van der Waals surface area contributed by atoms with Gasteiger partial charge in [-0.15, -0.1) is 29.1 Å². The maximum absolute atomic E-state index is 10.0. The predicted molar refractivity (Wildman–Crippen MR) is 202 cm³/mol. The summed E-state index contributed by atoms with van der Waals surface area (Å²) in [4.78, 5) is 15.1. The SMILES string of the molecule is CC(=O)/C=C(/C)O.CC(C)(C)c1cc(-c2nccc3c2[Si](C)(C)c2cc(-c4ccc([Si](C)(C)C)cc4)ccc2-3)[c-]c2ccccc12.[Ir]. The standard InChI is InChI=1S/C36H38NSi2.C5H8O2.Ir/c1-36(2,3)32-22-27(21-26-11-9-10-12-29(26)32)34-35-31(19-20-37-34)30-18-15-25(23-33(30)39(35,7)8)24-13-16-28(17-14-24)38(4,5)6;1-4(6)3-5(2)7;/h9-20,22-23H,1-8H3;3,6H,1-2H3;/q-1;;/b;4-3-;. The number of aromatic nitrogens is 1. The van der Waals surface area contributed by atoms with Gasteiger partial charge in [0, 0.05) is 38.1 Å². The normalized spacial score (nSPS) is 13.6. The molecule has 47 heavy (non-hydrogen) atoms. The molecule has 4 aromatic carbocycles. The Kier molecular flexibility index (Phi) is 10.5. The van der Waals surface area contributed by atoms with E-state index >= 15 is 0 Å². The third-order valence-corrected chi connectivity index (χ3v) is 14.5. The number of aliphatic hydroxyl groups excluding tert-OH is 1. The monoisotopic (exact) mass is 833 g/mol. The first kappa shape index (κ1) is 36.4. The number of carbonyl (C=O) groups is 1. The van der Waals surface area contributed by atoms with Crippen LogP contribution >= 0.6 is 0 Å². The summed E-state index contributed by atoms with van der Waals surface area (Å²) in [6.45, 7) is 22.0. The average Bonchev–Trinajstić information content (AvgIpc) is 3.21. The predicted octanol–water partition coefficient (Wildman–Crippen LogP) is 9.05. The molecule has 0 fully saturated rings. The number of rotatable bonds is 4. The molecule has 0 aliphatic carbocycles. The molecule has 0 bridgehead atoms. The van der Waals surface area contributed by atoms with Crippen LogP contribution in [0.5, 0.6) is 0 Å². The molecule has 2 heterocycles. The van der Waals surface area contributed by atoms with Crippen LogP contribution < -0.4 is 15.6 Å². The molecule has 3 nitrogen and oxygen atoms in total. The van der Waals surface area contributed by atoms with Crippen molar-refractivity contribution in [2.45, 2.75) is 72.8 Å². The van der Waals surface area contributed by atoms with Crippen molar-refractivity contribution in [1.82, 2.24) is 4.98 Å². The van der Waals surface area contributed by atoms with Gasteiger partial charge in [-0.05, 0) is 52.8 Å². The number of hydrogen-bond donors (Lipinski definition) is 1. The number of nitrogens with zero attached hydrogens (tertiary/aromatic N) is 1. The maximum Gasteiger partial charge on any atom is 0.155 e. The maximum atomic E-state index is 10.0. The van der Waals surface area contributed by atoms with Crippen LogP contribution in [-0.4, -0.2) is 32.0 Å². The Morgan fingerprint density at radius 3 is 2.09 bits per heavy atom. The summed E-state index contributed by atoms with van der Waals surface area (Å²) >= 11 is 0. The Morgan fingerprint density at radius 1 is 0.872 bits per heavy atom. The van der Waals surface area contributed by atoms with E-state index in [1.165, 1.54) is 74.1 Å². The molecule has 6 rings (SSSR count). The Hall–Kier alpha value is -3.42. The number of benzene rings is 4. The first-order valence-corrected chi connectivity index (χ1v) is 22.6. The fourth-order valence-corrected chi connectivity index (χ4v) is 11.1. The fraction of sp³-hybridized carbons (Fsp3) is 0.268. The third-order valence-electron chi connectivity index (χ3n) is 8.89. The molecule has 0 saturated carbocycles. The van der Waals surface area contributed by atoms with E-state index in [1.54, 1.807) is 0 Å². The molecule has 6 heteroatoms. The number of pyridine rings is 1. The van der Waals surface area contributed by atoms with Gasteiger partial charge in [-0.1, -0.05) is 135 Å². The zero-order valence-electron chi connectivity index (χ0n) is 29.3. The van der Waals surface area contributed by atoms with Gasteiger partial charge in [0.1, 0.15) is 8.07 Å². The summed E-state index contributed by atoms with van der Waals surface area (Å²) in [6, 6.07) is 33.5. The molecule has 1 N–H and O–H groups in total. The molecule has 0 amide bonds. The van der Waals surface area contributed by atoms with Crippen molar-refractivity contribution in [3.05, 3.63) is 109 Å². The third kappa shape index (κ3) is 7.52. The van der Waals surface area contributed by atoms with Crippen molar-refractivity contribution in [2.24, 2.45) is 0 Å². The van der Waals surface area contributed by atoms with E-state index < -0.39 is 16.1 Å². The molecule has 1 aliphatic rings. The molecule has 1 aliphatic heterocycles. The minimum absolute atomic E-state index is 0. The smallest absolute Gasteiger partial charge is 0.155 e. The molecule has 1 radical (unpaired) electrons. The van der Waals surface area contributed by atoms with Crippen LogP contribution in [0.1, 0.15) is 40.2 Å². The van der Waals surface area contributed by atoms with Crippen molar-refractivity contribution < 1.29 is 30.0 Å². The summed E-state index contributed by atoms with van der Waals surface area (Å²) in [5, 5.41) is 15.3. The molecule has 1 aromatic heterocycles. The summed E-state index contributed by atoms with van der Waals surface area (Å²) < 4.78 is 0. The van der Waals surface area contributed by atoms with Gasteiger partial charge in [-0.2, -0.15) is 0 Å². The van der Waals surface area contributed by atoms with Crippen LogP contribution in [0, 0.1) is 6.07 Å². The van der Waals surface area contributed by atoms with Crippen molar-refractivity contribution in [2.75, 3.05) is 0 Å². The zero-order valence-corrected chi connectivity index (χ0v) is 33.7. The minimum Gasteiger partial charge on any atom is -0.512 e. The first-order valence-electron chi connectivity index (χ1n) is 16.1. The topological polar surface area (TPSA) is 50.2 Å². The zero-order chi connectivity index (χ0) is 33.6. The number of carbonyl (C=O) groups excluding carboxylic acids is 1. The van der Waals surface area contributed by atoms with Gasteiger partial charge in [0.2, 0.25) is 0 Å². The van der Waals surface area contributed by atoms with Gasteiger partial charge in [0.25, 0.3) is 0 Å². The van der Waals surface area contributed by atoms with Crippen LogP contribution in [0.25, 0.3) is 44.3 Å². The molecular formula is C41H46IrNO2Si2-. The molecule has 0 unspecified atom stereocenters. The molecular weight excluding hydrogens is 787 g/mol. The largest absolute Gasteiger partial charge is 0.512 e. The second-order valence-corrected chi connectivity index (χ2v) is 24.4. The number of ketones is 1. The molecule has 0 saturated heterocycles. The number of aliphatic hydroxyl groups is 1. The van der Waals surface area contributed by atoms with E-state index in [1.807, 2.05) is 6.20 Å². The van der Waals surface area contributed by atoms with Crippen LogP contribution in [0.2, 0.25) is 32.7 Å². The van der Waals surface area contributed by atoms with Crippen LogP contribution in [-0.2, 0) is 30.3 Å². The molecule has 0 atom stereocenters. The Balaban J connectivity index is 0.000000565. The van der Waals surface area contributed by atoms with Gasteiger partial charge in [0.05, 0.1) is 13.8 Å². The average molecular weight is 833 g/mol. The number of allylic oxidation sites excluding steroid dienone is 2. The van der Waals surface area contributed by atoms with Gasteiger partial charge >= 0.3 is 0 Å². The second kappa shape index (κ2) is 13.6. The van der Waals surface area contributed by atoms with E-state index in [-0.39, 0.29) is 37.1 Å². The quantitative estimate of drug-likeness (QED) is 0.0852. The van der Waals surface area contributed by atoms with E-state index in [0.29, 0.717) is 0 Å². The minimum atomic E-state index is -2.02.